The first kappa shape index (κ1) is 89.6. The first-order valence-electron chi connectivity index (χ1n) is 38.9. The maximum Gasteiger partial charge on any atom is 0.416 e. The monoisotopic (exact) mass is 1710 g/mol. The standard InChI is InChI=1S/C33H32F3N5O3.C30H30ClN5O4.C28H27F3N8O/c1-21-5-6-23(15-22(21)8-10-28-26-17-30(43-3)31(44-4)18-29(26)38-20-37-28)32(42)39-25-9-7-24(27(16-25)33(34,35)36)19-41-13-11-40(2)12-14-41;1-18-6-7-20(29(37)33-21-9-11-26(23(31)15-21)40-13-12-36(2)3)14-19(18)8-10-24-22-16-27(38-4)28(39-5)17-25(22)35-30(32)34-24;1-17-3-4-19(13-18(17)6-8-23-24-25(34-16-33-24)37-27(32)36-23)26(40)35-21-7-5-20(22(14-21)28(29,30)31)15-39-11-9-38(2)10-12-39/h5-7,9,15-18,20H,11-14,19H2,1-4H3,(H,39,42);6-7,9,11,14-17H,12-13H2,1-5H3,(H,33,37)(H2,32,34,35);3-5,7,13-14,16H,9-12,15H2,1-2H3,(H,35,40)(H3,32,33,34,36,37). The van der Waals surface area contributed by atoms with Crippen molar-refractivity contribution in [3.8, 4) is 64.3 Å². The zero-order chi connectivity index (χ0) is 88.7. The molecular weight excluding hydrogens is 1620 g/mol. The number of aromatic amines is 1. The van der Waals surface area contributed by atoms with Gasteiger partial charge in [0.1, 0.15) is 41.3 Å². The summed E-state index contributed by atoms with van der Waals surface area (Å²) in [6, 6.07) is 35.2. The molecule has 12 aromatic rings. The van der Waals surface area contributed by atoms with Crippen LogP contribution in [0.25, 0.3) is 33.0 Å². The molecule has 26 nitrogen and oxygen atoms in total. The second kappa shape index (κ2) is 39.9. The van der Waals surface area contributed by atoms with Crippen molar-refractivity contribution < 1.29 is 64.4 Å². The van der Waals surface area contributed by atoms with Crippen molar-refractivity contribution in [2.24, 2.45) is 0 Å². The lowest BCUT2D eigenvalue weighted by Crippen LogP contribution is -2.44. The molecule has 33 heteroatoms. The van der Waals surface area contributed by atoms with Crippen molar-refractivity contribution in [2.45, 2.75) is 46.2 Å². The Morgan fingerprint density at radius 1 is 0.484 bits per heavy atom. The summed E-state index contributed by atoms with van der Waals surface area (Å²) in [4.78, 5) is 81.9. The molecule has 2 saturated heterocycles. The number of nitrogens with zero attached hydrogens (tertiary/aromatic N) is 12. The van der Waals surface area contributed by atoms with Gasteiger partial charge in [-0.3, -0.25) is 24.2 Å². The van der Waals surface area contributed by atoms with E-state index < -0.39 is 35.3 Å². The number of carbonyl (C=O) groups excluding carboxylic acids is 3. The molecule has 14 rings (SSSR count). The average Bonchev–Trinajstić information content (AvgIpc) is 0.993. The van der Waals surface area contributed by atoms with Crippen LogP contribution in [0.3, 0.4) is 0 Å². The van der Waals surface area contributed by atoms with Crippen LogP contribution in [-0.4, -0.2) is 204 Å². The van der Waals surface area contributed by atoms with Gasteiger partial charge in [0, 0.05) is 145 Å². The van der Waals surface area contributed by atoms with Gasteiger partial charge in [0.05, 0.1) is 61.9 Å². The SMILES string of the molecule is COc1cc2nc(N)nc(C#Cc3cc(C(=O)Nc4ccc(OCCN(C)C)c(Cl)c4)ccc3C)c2cc1OC.COc1cc2ncnc(C#Cc3cc(C(=O)Nc4ccc(CN5CCN(C)CC5)c(C(F)(F)F)c4)ccc3C)c2cc1OC.Cc1ccc(C(=O)Nc2ccc(CN3CCN(C)CC3)c(C(F)(F)F)c2)cc1C#Cc1nc(N)nc2nc[nH]c12. The smallest absolute Gasteiger partial charge is 0.416 e. The number of rotatable bonds is 18. The molecule has 0 saturated carbocycles. The summed E-state index contributed by atoms with van der Waals surface area (Å²) in [5, 5.41) is 9.84. The molecular formula is C91H89ClF6N18O8. The quantitative estimate of drug-likeness (QED) is 0.0343. The number of imidazole rings is 1. The summed E-state index contributed by atoms with van der Waals surface area (Å²) in [6.07, 6.45) is -6.25. The molecule has 0 aliphatic carbocycles. The number of aryl methyl sites for hydroxylation is 3. The number of nitrogens with two attached hydrogens (primary N) is 2. The fourth-order valence-corrected chi connectivity index (χ4v) is 13.5. The van der Waals surface area contributed by atoms with Crippen molar-refractivity contribution in [3.05, 3.63) is 241 Å². The van der Waals surface area contributed by atoms with Crippen LogP contribution in [0.4, 0.5) is 55.3 Å². The Kier molecular flexibility index (Phi) is 28.8. The number of benzene rings is 8. The minimum Gasteiger partial charge on any atom is -0.493 e. The van der Waals surface area contributed by atoms with Crippen LogP contribution < -0.4 is 51.1 Å². The highest BCUT2D eigenvalue weighted by atomic mass is 35.5. The van der Waals surface area contributed by atoms with Gasteiger partial charge in [-0.15, -0.1) is 0 Å². The maximum absolute atomic E-state index is 14.0. The Morgan fingerprint density at radius 2 is 0.903 bits per heavy atom. The molecule has 0 bridgehead atoms. The Hall–Kier alpha value is -13.7. The number of hydrogen-bond acceptors (Lipinski definition) is 22. The predicted octanol–water partition coefficient (Wildman–Crippen LogP) is 13.8. The molecule has 0 radical (unpaired) electrons. The molecule has 6 heterocycles. The highest BCUT2D eigenvalue weighted by Crippen LogP contribution is 2.39. The normalized spacial score (nSPS) is 13.2. The number of nitrogen functional groups attached to an aromatic ring is 2. The van der Waals surface area contributed by atoms with E-state index in [0.29, 0.717) is 145 Å². The molecule has 8 N–H and O–H groups in total. The summed E-state index contributed by atoms with van der Waals surface area (Å²) in [6.45, 7) is 13.3. The lowest BCUT2D eigenvalue weighted by Gasteiger charge is -2.33. The topological polar surface area (TPSA) is 308 Å². The number of likely N-dealkylation sites (N-methyl/N-ethyl adjacent to an activating group) is 3. The van der Waals surface area contributed by atoms with Crippen LogP contribution in [-0.2, 0) is 25.4 Å². The number of aromatic nitrogens is 8. The Labute approximate surface area is 717 Å². The highest BCUT2D eigenvalue weighted by Gasteiger charge is 2.36. The molecule has 0 atom stereocenters. The molecule has 2 fully saturated rings. The van der Waals surface area contributed by atoms with Crippen molar-refractivity contribution in [3.63, 3.8) is 0 Å². The number of ether oxygens (including phenoxy) is 5. The Balaban J connectivity index is 0.000000170. The molecule has 0 unspecified atom stereocenters. The zero-order valence-electron chi connectivity index (χ0n) is 69.8. The van der Waals surface area contributed by atoms with Crippen molar-refractivity contribution >= 4 is 91.3 Å². The zero-order valence-corrected chi connectivity index (χ0v) is 70.5. The third-order valence-corrected chi connectivity index (χ3v) is 20.7. The molecule has 3 amide bonds. The largest absolute Gasteiger partial charge is 0.493 e. The van der Waals surface area contributed by atoms with Crippen LogP contribution >= 0.6 is 11.6 Å². The number of piperazine rings is 2. The fourth-order valence-electron chi connectivity index (χ4n) is 13.3. The van der Waals surface area contributed by atoms with Crippen LogP contribution in [0.15, 0.2) is 146 Å². The van der Waals surface area contributed by atoms with Gasteiger partial charge in [-0.1, -0.05) is 59.7 Å². The summed E-state index contributed by atoms with van der Waals surface area (Å²) in [7, 11) is 14.1. The molecule has 8 aromatic carbocycles. The van der Waals surface area contributed by atoms with Gasteiger partial charge in [-0.05, 0) is 186 Å². The summed E-state index contributed by atoms with van der Waals surface area (Å²) >= 11 is 6.37. The number of carbonyl (C=O) groups is 3. The number of alkyl halides is 6. The fraction of sp³-hybridized carbons (Fsp3) is 0.275. The van der Waals surface area contributed by atoms with E-state index in [1.807, 2.05) is 69.7 Å². The van der Waals surface area contributed by atoms with Gasteiger partial charge in [0.25, 0.3) is 17.7 Å². The van der Waals surface area contributed by atoms with E-state index in [4.69, 9.17) is 46.8 Å². The van der Waals surface area contributed by atoms with E-state index in [-0.39, 0.29) is 64.5 Å². The number of fused-ring (bicyclic) bond motifs is 3. The van der Waals surface area contributed by atoms with E-state index in [1.54, 1.807) is 105 Å². The Morgan fingerprint density at radius 3 is 1.36 bits per heavy atom. The maximum atomic E-state index is 14.0. The van der Waals surface area contributed by atoms with Gasteiger partial charge in [0.2, 0.25) is 11.9 Å². The highest BCUT2D eigenvalue weighted by molar-refractivity contribution is 6.32. The van der Waals surface area contributed by atoms with Crippen molar-refractivity contribution in [2.75, 3.05) is 150 Å². The summed E-state index contributed by atoms with van der Waals surface area (Å²) in [5.41, 5.74) is 19.8. The number of anilines is 5. The third kappa shape index (κ3) is 22.9. The molecule has 124 heavy (non-hydrogen) atoms. The number of H-pyrrole nitrogens is 1. The van der Waals surface area contributed by atoms with E-state index in [0.717, 1.165) is 61.5 Å². The second-order valence-corrected chi connectivity index (χ2v) is 29.9. The first-order chi connectivity index (χ1) is 59.3. The van der Waals surface area contributed by atoms with Gasteiger partial charge >= 0.3 is 12.4 Å². The van der Waals surface area contributed by atoms with Crippen LogP contribution in [0.5, 0.6) is 28.7 Å². The van der Waals surface area contributed by atoms with E-state index in [2.05, 4.69) is 101 Å². The Bertz CT molecular complexity index is 6200. The number of amides is 3. The number of halogens is 7. The van der Waals surface area contributed by atoms with Gasteiger partial charge in [-0.2, -0.15) is 31.3 Å². The molecule has 640 valence electrons. The molecule has 2 aliphatic heterocycles. The van der Waals surface area contributed by atoms with Gasteiger partial charge < -0.3 is 70.8 Å². The lowest BCUT2D eigenvalue weighted by atomic mass is 10.0. The lowest BCUT2D eigenvalue weighted by molar-refractivity contribution is -0.139. The summed E-state index contributed by atoms with van der Waals surface area (Å²) in [5.74, 6) is 19.6. The van der Waals surface area contributed by atoms with Crippen molar-refractivity contribution in [1.29, 1.82) is 0 Å². The van der Waals surface area contributed by atoms with E-state index in [9.17, 15) is 40.7 Å². The minimum absolute atomic E-state index is 0.0292. The number of hydrogen-bond donors (Lipinski definition) is 6. The van der Waals surface area contributed by atoms with E-state index in [1.165, 1.54) is 51.1 Å². The molecule has 2 aliphatic rings. The van der Waals surface area contributed by atoms with Crippen LogP contribution in [0.2, 0.25) is 5.02 Å². The molecule has 4 aromatic heterocycles. The van der Waals surface area contributed by atoms with Gasteiger partial charge in [0.15, 0.2) is 28.6 Å². The number of nitrogens with one attached hydrogen (secondary N) is 4. The summed E-state index contributed by atoms with van der Waals surface area (Å²) < 4.78 is 111. The molecule has 0 spiro atoms. The van der Waals surface area contributed by atoms with Crippen LogP contribution in [0, 0.1) is 56.3 Å². The van der Waals surface area contributed by atoms with Gasteiger partial charge in [-0.25, -0.2) is 29.9 Å². The minimum atomic E-state index is -4.56. The third-order valence-electron chi connectivity index (χ3n) is 20.4. The number of methoxy groups -OCH3 is 4. The first-order valence-corrected chi connectivity index (χ1v) is 39.3. The van der Waals surface area contributed by atoms with Crippen LogP contribution in [0.1, 0.15) is 104 Å². The average molecular weight is 1710 g/mol. The second-order valence-electron chi connectivity index (χ2n) is 29.5. The predicted molar refractivity (Wildman–Crippen MR) is 465 cm³/mol. The van der Waals surface area contributed by atoms with E-state index >= 15 is 0 Å². The van der Waals surface area contributed by atoms with Crippen molar-refractivity contribution in [1.82, 2.24) is 64.4 Å².